The van der Waals surface area contributed by atoms with Gasteiger partial charge in [-0.05, 0) is 48.2 Å². The highest BCUT2D eigenvalue weighted by Gasteiger charge is 2.26. The van der Waals surface area contributed by atoms with Crippen LogP contribution in [0.3, 0.4) is 0 Å². The van der Waals surface area contributed by atoms with Crippen LogP contribution in [0.5, 0.6) is 0 Å². The third kappa shape index (κ3) is 4.39. The Kier molecular flexibility index (Phi) is 5.36. The van der Waals surface area contributed by atoms with Gasteiger partial charge in [0.25, 0.3) is 10.0 Å². The number of pyridine rings is 1. The first-order valence-corrected chi connectivity index (χ1v) is 10.4. The van der Waals surface area contributed by atoms with E-state index in [1.165, 1.54) is 11.0 Å². The number of aromatic nitrogens is 1. The summed E-state index contributed by atoms with van der Waals surface area (Å²) in [5.74, 6) is 0.812. The van der Waals surface area contributed by atoms with Crippen molar-refractivity contribution in [1.29, 1.82) is 0 Å². The predicted octanol–water partition coefficient (Wildman–Crippen LogP) is 2.86. The van der Waals surface area contributed by atoms with Crippen LogP contribution in [0.2, 0.25) is 0 Å². The highest BCUT2D eigenvalue weighted by Crippen LogP contribution is 2.30. The molecule has 1 aliphatic rings. The van der Waals surface area contributed by atoms with Gasteiger partial charge < -0.3 is 10.2 Å². The minimum Gasteiger partial charge on any atom is -0.384 e. The van der Waals surface area contributed by atoms with Gasteiger partial charge in [-0.3, -0.25) is 9.52 Å². The highest BCUT2D eigenvalue weighted by molar-refractivity contribution is 7.92. The fraction of sp³-hybridized carbons (Fsp3) is 0.368. The Bertz CT molecular complexity index is 940. The molecule has 0 aliphatic carbocycles. The molecule has 1 aromatic carbocycles. The summed E-state index contributed by atoms with van der Waals surface area (Å²) in [5, 5.41) is 3.26. The highest BCUT2D eigenvalue weighted by atomic mass is 32.2. The minimum atomic E-state index is -3.77. The Morgan fingerprint density at radius 3 is 2.67 bits per heavy atom. The molecular weight excluding hydrogens is 364 g/mol. The van der Waals surface area contributed by atoms with Crippen molar-refractivity contribution in [3.05, 3.63) is 42.1 Å². The summed E-state index contributed by atoms with van der Waals surface area (Å²) in [6.45, 7) is 5.15. The molecule has 1 amide bonds. The number of rotatable bonds is 7. The molecule has 0 fully saturated rings. The minimum absolute atomic E-state index is 0.0465. The van der Waals surface area contributed by atoms with Crippen molar-refractivity contribution in [2.24, 2.45) is 5.92 Å². The summed E-state index contributed by atoms with van der Waals surface area (Å²) >= 11 is 0. The number of carbonyl (C=O) groups excluding carboxylic acids is 1. The van der Waals surface area contributed by atoms with Gasteiger partial charge in [-0.15, -0.1) is 0 Å². The van der Waals surface area contributed by atoms with E-state index in [1.807, 2.05) is 0 Å². The zero-order valence-corrected chi connectivity index (χ0v) is 16.5. The summed E-state index contributed by atoms with van der Waals surface area (Å²) in [6, 6.07) is 8.12. The van der Waals surface area contributed by atoms with Crippen molar-refractivity contribution < 1.29 is 13.2 Å². The van der Waals surface area contributed by atoms with Gasteiger partial charge in [-0.25, -0.2) is 13.4 Å². The third-order valence-corrected chi connectivity index (χ3v) is 5.84. The van der Waals surface area contributed by atoms with Crippen LogP contribution in [-0.4, -0.2) is 32.9 Å². The summed E-state index contributed by atoms with van der Waals surface area (Å²) in [5.41, 5.74) is 2.30. The van der Waals surface area contributed by atoms with Crippen molar-refractivity contribution >= 4 is 33.1 Å². The van der Waals surface area contributed by atoms with E-state index in [9.17, 15) is 13.2 Å². The normalized spacial score (nSPS) is 13.8. The fourth-order valence-electron chi connectivity index (χ4n) is 2.87. The number of benzene rings is 1. The number of sulfonamides is 1. The zero-order chi connectivity index (χ0) is 19.6. The van der Waals surface area contributed by atoms with Crippen LogP contribution in [0.25, 0.3) is 0 Å². The second-order valence-electron chi connectivity index (χ2n) is 7.07. The van der Waals surface area contributed by atoms with Crippen LogP contribution in [0.4, 0.5) is 17.2 Å². The van der Waals surface area contributed by atoms with E-state index in [4.69, 9.17) is 0 Å². The number of nitrogens with zero attached hydrogens (tertiary/aromatic N) is 2. The zero-order valence-electron chi connectivity index (χ0n) is 15.7. The number of amides is 1. The smallest absolute Gasteiger partial charge is 0.263 e. The fourth-order valence-corrected chi connectivity index (χ4v) is 3.93. The van der Waals surface area contributed by atoms with Crippen LogP contribution < -0.4 is 14.9 Å². The van der Waals surface area contributed by atoms with E-state index in [1.54, 1.807) is 37.5 Å². The lowest BCUT2D eigenvalue weighted by atomic mass is 10.1. The second-order valence-corrected chi connectivity index (χ2v) is 8.75. The van der Waals surface area contributed by atoms with E-state index in [0.717, 1.165) is 24.3 Å². The van der Waals surface area contributed by atoms with Crippen molar-refractivity contribution in [2.45, 2.75) is 31.6 Å². The SMILES string of the molecule is CC(C)CCNc1ccc(NS(=O)(=O)c2ccc3c(c2)CC(=O)N3C)nc1. The van der Waals surface area contributed by atoms with Crippen molar-refractivity contribution in [3.63, 3.8) is 0 Å². The molecular formula is C19H24N4O3S. The van der Waals surface area contributed by atoms with Gasteiger partial charge in [0.15, 0.2) is 0 Å². The molecule has 0 saturated heterocycles. The Balaban J connectivity index is 1.70. The molecule has 0 radical (unpaired) electrons. The quantitative estimate of drug-likeness (QED) is 0.761. The van der Waals surface area contributed by atoms with E-state index < -0.39 is 10.0 Å². The van der Waals surface area contributed by atoms with Crippen LogP contribution in [-0.2, 0) is 21.2 Å². The van der Waals surface area contributed by atoms with Crippen LogP contribution in [0.1, 0.15) is 25.8 Å². The molecule has 27 heavy (non-hydrogen) atoms. The molecule has 1 aliphatic heterocycles. The summed E-state index contributed by atoms with van der Waals surface area (Å²) in [7, 11) is -2.09. The number of hydrogen-bond donors (Lipinski definition) is 2. The first kappa shape index (κ1) is 19.2. The predicted molar refractivity (Wildman–Crippen MR) is 107 cm³/mol. The molecule has 144 valence electrons. The third-order valence-electron chi connectivity index (χ3n) is 4.49. The lowest BCUT2D eigenvalue weighted by molar-refractivity contribution is -0.117. The molecule has 0 bridgehead atoms. The molecule has 0 unspecified atom stereocenters. The van der Waals surface area contributed by atoms with Gasteiger partial charge in [0.1, 0.15) is 5.82 Å². The Morgan fingerprint density at radius 1 is 1.22 bits per heavy atom. The maximum Gasteiger partial charge on any atom is 0.263 e. The average Bonchev–Trinajstić information content (AvgIpc) is 2.90. The van der Waals surface area contributed by atoms with Gasteiger partial charge in [-0.2, -0.15) is 0 Å². The molecule has 0 saturated carbocycles. The maximum absolute atomic E-state index is 12.6. The summed E-state index contributed by atoms with van der Waals surface area (Å²) in [4.78, 5) is 17.6. The van der Waals surface area contributed by atoms with Crippen LogP contribution in [0, 0.1) is 5.92 Å². The summed E-state index contributed by atoms with van der Waals surface area (Å²) in [6.07, 6.45) is 2.86. The van der Waals surface area contributed by atoms with Gasteiger partial charge >= 0.3 is 0 Å². The Morgan fingerprint density at radius 2 is 2.00 bits per heavy atom. The number of nitrogens with one attached hydrogen (secondary N) is 2. The van der Waals surface area contributed by atoms with Gasteiger partial charge in [0.2, 0.25) is 5.91 Å². The maximum atomic E-state index is 12.6. The molecule has 7 nitrogen and oxygen atoms in total. The van der Waals surface area contributed by atoms with Crippen molar-refractivity contribution in [1.82, 2.24) is 4.98 Å². The topological polar surface area (TPSA) is 91.4 Å². The summed E-state index contributed by atoms with van der Waals surface area (Å²) < 4.78 is 27.7. The molecule has 2 N–H and O–H groups in total. The largest absolute Gasteiger partial charge is 0.384 e. The molecule has 8 heteroatoms. The van der Waals surface area contributed by atoms with Crippen LogP contribution in [0.15, 0.2) is 41.4 Å². The van der Waals surface area contributed by atoms with Gasteiger partial charge in [0.05, 0.1) is 23.2 Å². The molecule has 0 spiro atoms. The Hall–Kier alpha value is -2.61. The number of anilines is 3. The Labute approximate surface area is 159 Å². The monoisotopic (exact) mass is 388 g/mol. The van der Waals surface area contributed by atoms with Crippen LogP contribution >= 0.6 is 0 Å². The molecule has 2 heterocycles. The van der Waals surface area contributed by atoms with Crippen molar-refractivity contribution in [3.8, 4) is 0 Å². The van der Waals surface area contributed by atoms with E-state index in [0.29, 0.717) is 11.5 Å². The molecule has 1 aromatic heterocycles. The number of likely N-dealkylation sites (N-methyl/N-ethyl adjacent to an activating group) is 1. The molecule has 2 aromatic rings. The average molecular weight is 388 g/mol. The van der Waals surface area contributed by atoms with Gasteiger partial charge in [0, 0.05) is 19.3 Å². The number of carbonyl (C=O) groups is 1. The van der Waals surface area contributed by atoms with E-state index in [-0.39, 0.29) is 23.0 Å². The number of fused-ring (bicyclic) bond motifs is 1. The van der Waals surface area contributed by atoms with E-state index in [2.05, 4.69) is 28.9 Å². The number of hydrogen-bond acceptors (Lipinski definition) is 5. The molecule has 3 rings (SSSR count). The second kappa shape index (κ2) is 7.56. The lowest BCUT2D eigenvalue weighted by Crippen LogP contribution is -2.20. The first-order valence-electron chi connectivity index (χ1n) is 8.88. The lowest BCUT2D eigenvalue weighted by Gasteiger charge is -2.12. The molecule has 0 atom stereocenters. The van der Waals surface area contributed by atoms with Crippen molar-refractivity contribution in [2.75, 3.05) is 28.5 Å². The van der Waals surface area contributed by atoms with Gasteiger partial charge in [-0.1, -0.05) is 13.8 Å². The first-order chi connectivity index (χ1) is 12.8. The van der Waals surface area contributed by atoms with E-state index >= 15 is 0 Å². The standard InChI is InChI=1S/C19H24N4O3S/c1-13(2)8-9-20-15-4-7-18(21-12-15)22-27(25,26)16-5-6-17-14(10-16)11-19(24)23(17)3/h4-7,10,12-13,20H,8-9,11H2,1-3H3,(H,21,22).